The van der Waals surface area contributed by atoms with E-state index in [2.05, 4.69) is 4.98 Å². The maximum absolute atomic E-state index is 12.1. The van der Waals surface area contributed by atoms with Crippen molar-refractivity contribution in [3.8, 4) is 28.5 Å². The number of nitrogens with zero attached hydrogens (tertiary/aromatic N) is 2. The molecular formula is C20H17N3O. The van der Waals surface area contributed by atoms with Gasteiger partial charge in [-0.2, -0.15) is 5.26 Å². The van der Waals surface area contributed by atoms with Crippen molar-refractivity contribution < 1.29 is 0 Å². The third kappa shape index (κ3) is 2.92. The van der Waals surface area contributed by atoms with Crippen molar-refractivity contribution in [2.24, 2.45) is 0 Å². The summed E-state index contributed by atoms with van der Waals surface area (Å²) < 4.78 is 0. The van der Waals surface area contributed by atoms with E-state index in [1.807, 2.05) is 79.7 Å². The first-order valence-electron chi connectivity index (χ1n) is 7.61. The predicted molar refractivity (Wildman–Crippen MR) is 97.0 cm³/mol. The quantitative estimate of drug-likeness (QED) is 0.802. The zero-order chi connectivity index (χ0) is 17.1. The molecule has 0 saturated carbocycles. The number of aromatic nitrogens is 1. The fourth-order valence-corrected chi connectivity index (χ4v) is 2.61. The summed E-state index contributed by atoms with van der Waals surface area (Å²) in [4.78, 5) is 17.0. The molecule has 1 heterocycles. The Balaban J connectivity index is 2.21. The van der Waals surface area contributed by atoms with E-state index < -0.39 is 0 Å². The molecule has 1 aromatic heterocycles. The maximum atomic E-state index is 12.1. The molecule has 0 aliphatic heterocycles. The van der Waals surface area contributed by atoms with Crippen LogP contribution in [-0.2, 0) is 0 Å². The minimum atomic E-state index is -0.371. The molecular weight excluding hydrogens is 298 g/mol. The van der Waals surface area contributed by atoms with Crippen LogP contribution in [0.25, 0.3) is 22.4 Å². The van der Waals surface area contributed by atoms with Crippen molar-refractivity contribution in [1.82, 2.24) is 4.98 Å². The number of hydrogen-bond donors (Lipinski definition) is 1. The van der Waals surface area contributed by atoms with Gasteiger partial charge in [-0.15, -0.1) is 0 Å². The molecule has 1 N–H and O–H groups in total. The van der Waals surface area contributed by atoms with Crippen LogP contribution in [0.5, 0.6) is 0 Å². The summed E-state index contributed by atoms with van der Waals surface area (Å²) in [5.74, 6) is 0. The molecule has 0 fully saturated rings. The van der Waals surface area contributed by atoms with E-state index in [4.69, 9.17) is 0 Å². The van der Waals surface area contributed by atoms with Gasteiger partial charge in [-0.05, 0) is 29.3 Å². The van der Waals surface area contributed by atoms with Crippen LogP contribution in [0, 0.1) is 11.3 Å². The number of nitriles is 1. The largest absolute Gasteiger partial charge is 0.378 e. The van der Waals surface area contributed by atoms with Crippen molar-refractivity contribution in [1.29, 1.82) is 5.26 Å². The second-order valence-corrected chi connectivity index (χ2v) is 5.72. The topological polar surface area (TPSA) is 59.9 Å². The average Bonchev–Trinajstić information content (AvgIpc) is 2.62. The molecule has 0 radical (unpaired) electrons. The van der Waals surface area contributed by atoms with Crippen LogP contribution < -0.4 is 10.5 Å². The minimum absolute atomic E-state index is 0.113. The van der Waals surface area contributed by atoms with E-state index in [-0.39, 0.29) is 11.1 Å². The number of aromatic amines is 1. The lowest BCUT2D eigenvalue weighted by molar-refractivity contribution is 1.13. The van der Waals surface area contributed by atoms with Crippen molar-refractivity contribution in [2.45, 2.75) is 0 Å². The van der Waals surface area contributed by atoms with Crippen molar-refractivity contribution in [3.05, 3.63) is 76.6 Å². The highest BCUT2D eigenvalue weighted by Crippen LogP contribution is 2.30. The van der Waals surface area contributed by atoms with Crippen LogP contribution in [0.2, 0.25) is 0 Å². The van der Waals surface area contributed by atoms with Gasteiger partial charge in [0.2, 0.25) is 0 Å². The Kier molecular flexibility index (Phi) is 4.17. The van der Waals surface area contributed by atoms with E-state index in [0.717, 1.165) is 28.1 Å². The first-order valence-corrected chi connectivity index (χ1v) is 7.61. The second kappa shape index (κ2) is 6.43. The van der Waals surface area contributed by atoms with Crippen molar-refractivity contribution in [3.63, 3.8) is 0 Å². The first-order chi connectivity index (χ1) is 11.6. The molecule has 0 saturated heterocycles. The first kappa shape index (κ1) is 15.6. The molecule has 0 bridgehead atoms. The highest BCUT2D eigenvalue weighted by Gasteiger charge is 2.12. The Morgan fingerprint density at radius 3 is 2.21 bits per heavy atom. The number of H-pyrrole nitrogens is 1. The van der Waals surface area contributed by atoms with E-state index in [0.29, 0.717) is 0 Å². The van der Waals surface area contributed by atoms with Gasteiger partial charge >= 0.3 is 0 Å². The fourth-order valence-electron chi connectivity index (χ4n) is 2.61. The molecule has 24 heavy (non-hydrogen) atoms. The number of pyridine rings is 1. The number of rotatable bonds is 3. The molecule has 4 nitrogen and oxygen atoms in total. The maximum Gasteiger partial charge on any atom is 0.266 e. The Bertz CT molecular complexity index is 949. The molecule has 0 spiro atoms. The van der Waals surface area contributed by atoms with Gasteiger partial charge in [-0.3, -0.25) is 4.79 Å². The molecule has 0 atom stereocenters. The van der Waals surface area contributed by atoms with E-state index in [1.54, 1.807) is 6.07 Å². The summed E-state index contributed by atoms with van der Waals surface area (Å²) in [6, 6.07) is 21.3. The molecule has 3 aromatic rings. The van der Waals surface area contributed by atoms with Gasteiger partial charge < -0.3 is 9.88 Å². The van der Waals surface area contributed by atoms with Crippen LogP contribution in [0.3, 0.4) is 0 Å². The van der Waals surface area contributed by atoms with Gasteiger partial charge in [-0.25, -0.2) is 0 Å². The summed E-state index contributed by atoms with van der Waals surface area (Å²) in [7, 11) is 3.96. The SMILES string of the molecule is CN(C)c1ccc(-c2[nH]c(=O)c(C#N)cc2-c2ccccc2)cc1. The van der Waals surface area contributed by atoms with Gasteiger partial charge in [0.1, 0.15) is 11.6 Å². The number of nitrogens with one attached hydrogen (secondary N) is 1. The predicted octanol–water partition coefficient (Wildman–Crippen LogP) is 3.65. The van der Waals surface area contributed by atoms with E-state index in [9.17, 15) is 10.1 Å². The monoisotopic (exact) mass is 315 g/mol. The van der Waals surface area contributed by atoms with Gasteiger partial charge in [0.15, 0.2) is 0 Å². The average molecular weight is 315 g/mol. The standard InChI is InChI=1S/C20H17N3O/c1-23(2)17-10-8-15(9-11-17)19-18(14-6-4-3-5-7-14)12-16(13-21)20(24)22-19/h3-12H,1-2H3,(H,22,24). The molecule has 2 aromatic carbocycles. The smallest absolute Gasteiger partial charge is 0.266 e. The lowest BCUT2D eigenvalue weighted by atomic mass is 9.98. The Morgan fingerprint density at radius 1 is 0.958 bits per heavy atom. The number of benzene rings is 2. The molecule has 118 valence electrons. The minimum Gasteiger partial charge on any atom is -0.378 e. The second-order valence-electron chi connectivity index (χ2n) is 5.72. The van der Waals surface area contributed by atoms with Gasteiger partial charge in [-0.1, -0.05) is 42.5 Å². The summed E-state index contributed by atoms with van der Waals surface area (Å²) in [6.07, 6.45) is 0. The Labute approximate surface area is 140 Å². The lowest BCUT2D eigenvalue weighted by Crippen LogP contribution is -2.12. The van der Waals surface area contributed by atoms with Gasteiger partial charge in [0, 0.05) is 25.3 Å². The molecule has 0 aliphatic rings. The molecule has 3 rings (SSSR count). The highest BCUT2D eigenvalue weighted by molar-refractivity contribution is 5.82. The van der Waals surface area contributed by atoms with Crippen LogP contribution in [0.15, 0.2) is 65.5 Å². The zero-order valence-corrected chi connectivity index (χ0v) is 13.6. The number of anilines is 1. The van der Waals surface area contributed by atoms with Crippen LogP contribution in [0.4, 0.5) is 5.69 Å². The Hall–Kier alpha value is -3.32. The van der Waals surface area contributed by atoms with Crippen LogP contribution in [-0.4, -0.2) is 19.1 Å². The van der Waals surface area contributed by atoms with Crippen molar-refractivity contribution >= 4 is 5.69 Å². The summed E-state index contributed by atoms with van der Waals surface area (Å²) in [5, 5.41) is 9.17. The Morgan fingerprint density at radius 2 is 1.62 bits per heavy atom. The fraction of sp³-hybridized carbons (Fsp3) is 0.100. The van der Waals surface area contributed by atoms with Gasteiger partial charge in [0.25, 0.3) is 5.56 Å². The third-order valence-electron chi connectivity index (χ3n) is 3.92. The highest BCUT2D eigenvalue weighted by atomic mass is 16.1. The normalized spacial score (nSPS) is 10.2. The third-order valence-corrected chi connectivity index (χ3v) is 3.92. The molecule has 4 heteroatoms. The lowest BCUT2D eigenvalue weighted by Gasteiger charge is -2.14. The van der Waals surface area contributed by atoms with Gasteiger partial charge in [0.05, 0.1) is 5.69 Å². The van der Waals surface area contributed by atoms with Crippen LogP contribution >= 0.6 is 0 Å². The summed E-state index contributed by atoms with van der Waals surface area (Å²) in [6.45, 7) is 0. The molecule has 0 unspecified atom stereocenters. The van der Waals surface area contributed by atoms with E-state index in [1.165, 1.54) is 0 Å². The van der Waals surface area contributed by atoms with Crippen molar-refractivity contribution in [2.75, 3.05) is 19.0 Å². The molecule has 0 aliphatic carbocycles. The zero-order valence-electron chi connectivity index (χ0n) is 13.6. The number of hydrogen-bond acceptors (Lipinski definition) is 3. The summed E-state index contributed by atoms with van der Waals surface area (Å²) >= 11 is 0. The van der Waals surface area contributed by atoms with E-state index >= 15 is 0 Å². The van der Waals surface area contributed by atoms with Crippen LogP contribution in [0.1, 0.15) is 5.56 Å². The summed E-state index contributed by atoms with van der Waals surface area (Å²) in [5.41, 5.74) is 4.24. The molecule has 0 amide bonds.